The molecule has 0 saturated carbocycles. The Bertz CT molecular complexity index is 1500. The molecule has 4 aromatic heterocycles. The number of hydrogen-bond acceptors (Lipinski definition) is 7. The Morgan fingerprint density at radius 1 is 1.03 bits per heavy atom. The predicted molar refractivity (Wildman–Crippen MR) is 130 cm³/mol. The van der Waals surface area contributed by atoms with Crippen molar-refractivity contribution in [2.24, 2.45) is 0 Å². The van der Waals surface area contributed by atoms with Gasteiger partial charge in [0.1, 0.15) is 11.3 Å². The van der Waals surface area contributed by atoms with Crippen LogP contribution in [0.15, 0.2) is 55.0 Å². The number of halogens is 2. The molecule has 1 saturated heterocycles. The number of imidazole rings is 1. The molecule has 0 atom stereocenters. The minimum atomic E-state index is -2.66. The van der Waals surface area contributed by atoms with Crippen LogP contribution in [0.3, 0.4) is 0 Å². The lowest BCUT2D eigenvalue weighted by Gasteiger charge is -2.34. The van der Waals surface area contributed by atoms with E-state index >= 15 is 0 Å². The maximum Gasteiger partial charge on any atom is 0.282 e. The number of hydrogen-bond donors (Lipinski definition) is 2. The van der Waals surface area contributed by atoms with E-state index in [9.17, 15) is 8.78 Å². The molecule has 9 nitrogen and oxygen atoms in total. The van der Waals surface area contributed by atoms with Gasteiger partial charge in [0.15, 0.2) is 5.65 Å². The van der Waals surface area contributed by atoms with Gasteiger partial charge in [-0.3, -0.25) is 0 Å². The summed E-state index contributed by atoms with van der Waals surface area (Å²) in [6.45, 7) is 4.06. The molecule has 0 radical (unpaired) electrons. The summed E-state index contributed by atoms with van der Waals surface area (Å²) in [4.78, 5) is 20.9. The molecular weight excluding hydrogens is 452 g/mol. The molecule has 11 heteroatoms. The van der Waals surface area contributed by atoms with E-state index in [4.69, 9.17) is 0 Å². The number of likely N-dealkylation sites (N-methyl/N-ethyl adjacent to an activating group) is 1. The molecule has 0 amide bonds. The van der Waals surface area contributed by atoms with Crippen LogP contribution in [0.5, 0.6) is 0 Å². The number of piperazine rings is 1. The lowest BCUT2D eigenvalue weighted by molar-refractivity contribution is 0.143. The van der Waals surface area contributed by atoms with Crippen molar-refractivity contribution < 1.29 is 8.78 Å². The summed E-state index contributed by atoms with van der Waals surface area (Å²) in [6.07, 6.45) is 1.94. The molecule has 0 spiro atoms. The Kier molecular flexibility index (Phi) is 5.25. The SMILES string of the molecule is CN1CCN(c2cccc(Nc3ncc4c(-c5ccc6ncc(C(F)F)n6n5)c[nH]c4n3)c2)CC1. The van der Waals surface area contributed by atoms with E-state index in [0.717, 1.165) is 54.7 Å². The molecule has 1 aliphatic heterocycles. The molecule has 1 aromatic carbocycles. The van der Waals surface area contributed by atoms with Crippen LogP contribution in [0, 0.1) is 0 Å². The van der Waals surface area contributed by atoms with E-state index in [1.165, 1.54) is 4.52 Å². The molecule has 35 heavy (non-hydrogen) atoms. The summed E-state index contributed by atoms with van der Waals surface area (Å²) in [5, 5.41) is 8.40. The standard InChI is InChI=1S/C24H23F2N9/c1-33-7-9-34(10-8-33)16-4-2-3-15(11-16)30-24-29-13-18-17(12-28-23(18)31-24)19-5-6-21-27-14-20(22(25)26)35(21)32-19/h2-6,11-14,22H,7-10H2,1H3,(H2,28,29,30,31). The third-order valence-corrected chi connectivity index (χ3v) is 6.29. The Morgan fingerprint density at radius 2 is 1.89 bits per heavy atom. The van der Waals surface area contributed by atoms with Gasteiger partial charge in [-0.25, -0.2) is 23.3 Å². The highest BCUT2D eigenvalue weighted by molar-refractivity contribution is 5.92. The van der Waals surface area contributed by atoms with Gasteiger partial charge in [0.05, 0.1) is 11.9 Å². The van der Waals surface area contributed by atoms with E-state index in [2.05, 4.69) is 59.3 Å². The predicted octanol–water partition coefficient (Wildman–Crippen LogP) is 4.10. The van der Waals surface area contributed by atoms with Crippen molar-refractivity contribution in [3.8, 4) is 11.3 Å². The van der Waals surface area contributed by atoms with E-state index in [1.54, 1.807) is 24.5 Å². The van der Waals surface area contributed by atoms with Crippen molar-refractivity contribution in [3.05, 3.63) is 60.7 Å². The number of alkyl halides is 2. The van der Waals surface area contributed by atoms with Crippen LogP contribution in [-0.4, -0.2) is 67.7 Å². The van der Waals surface area contributed by atoms with Crippen LogP contribution in [-0.2, 0) is 0 Å². The lowest BCUT2D eigenvalue weighted by Crippen LogP contribution is -2.44. The van der Waals surface area contributed by atoms with E-state index in [0.29, 0.717) is 22.9 Å². The molecule has 2 N–H and O–H groups in total. The Labute approximate surface area is 199 Å². The zero-order valence-electron chi connectivity index (χ0n) is 19.0. The molecular formula is C24H23F2N9. The first-order valence-corrected chi connectivity index (χ1v) is 11.3. The van der Waals surface area contributed by atoms with Crippen molar-refractivity contribution in [3.63, 3.8) is 0 Å². The summed E-state index contributed by atoms with van der Waals surface area (Å²) in [5.41, 5.74) is 4.05. The molecule has 1 fully saturated rings. The summed E-state index contributed by atoms with van der Waals surface area (Å²) in [7, 11) is 2.14. The molecule has 1 aliphatic rings. The van der Waals surface area contributed by atoms with Gasteiger partial charge in [-0.1, -0.05) is 6.07 Å². The number of nitrogens with one attached hydrogen (secondary N) is 2. The zero-order valence-corrected chi connectivity index (χ0v) is 19.0. The second kappa shape index (κ2) is 8.58. The fraction of sp³-hybridized carbons (Fsp3) is 0.250. The van der Waals surface area contributed by atoms with Crippen molar-refractivity contribution in [2.45, 2.75) is 6.43 Å². The highest BCUT2D eigenvalue weighted by atomic mass is 19.3. The first kappa shape index (κ1) is 21.4. The van der Waals surface area contributed by atoms with Gasteiger partial charge in [-0.05, 0) is 37.4 Å². The molecule has 6 rings (SSSR count). The van der Waals surface area contributed by atoms with E-state index < -0.39 is 6.43 Å². The highest BCUT2D eigenvalue weighted by Crippen LogP contribution is 2.29. The topological polar surface area (TPSA) is 90.3 Å². The van der Waals surface area contributed by atoms with Gasteiger partial charge in [0.25, 0.3) is 6.43 Å². The second-order valence-electron chi connectivity index (χ2n) is 8.60. The van der Waals surface area contributed by atoms with Crippen molar-refractivity contribution in [1.82, 2.24) is 34.4 Å². The minimum Gasteiger partial charge on any atom is -0.369 e. The quantitative estimate of drug-likeness (QED) is 0.396. The molecule has 0 aliphatic carbocycles. The fourth-order valence-corrected chi connectivity index (χ4v) is 4.34. The van der Waals surface area contributed by atoms with Gasteiger partial charge >= 0.3 is 0 Å². The van der Waals surface area contributed by atoms with Crippen LogP contribution in [0.2, 0.25) is 0 Å². The van der Waals surface area contributed by atoms with Crippen LogP contribution < -0.4 is 10.2 Å². The minimum absolute atomic E-state index is 0.247. The normalized spacial score (nSPS) is 14.9. The number of nitrogens with zero attached hydrogens (tertiary/aromatic N) is 7. The van der Waals surface area contributed by atoms with Crippen LogP contribution >= 0.6 is 0 Å². The van der Waals surface area contributed by atoms with Crippen molar-refractivity contribution in [2.75, 3.05) is 43.4 Å². The third-order valence-electron chi connectivity index (χ3n) is 6.29. The monoisotopic (exact) mass is 475 g/mol. The number of benzene rings is 1. The molecule has 5 aromatic rings. The smallest absolute Gasteiger partial charge is 0.282 e. The summed E-state index contributed by atoms with van der Waals surface area (Å²) >= 11 is 0. The zero-order chi connectivity index (χ0) is 23.9. The van der Waals surface area contributed by atoms with E-state index in [-0.39, 0.29) is 5.69 Å². The number of fused-ring (bicyclic) bond motifs is 2. The number of aromatic nitrogens is 6. The summed E-state index contributed by atoms with van der Waals surface area (Å²) in [6, 6.07) is 11.6. The van der Waals surface area contributed by atoms with E-state index in [1.807, 2.05) is 12.1 Å². The maximum absolute atomic E-state index is 13.3. The van der Waals surface area contributed by atoms with Crippen molar-refractivity contribution >= 4 is 34.0 Å². The Balaban J connectivity index is 1.26. The van der Waals surface area contributed by atoms with Gasteiger partial charge in [-0.15, -0.1) is 0 Å². The number of aromatic amines is 1. The third kappa shape index (κ3) is 4.03. The molecule has 5 heterocycles. The lowest BCUT2D eigenvalue weighted by atomic mass is 10.2. The Morgan fingerprint density at radius 3 is 2.71 bits per heavy atom. The largest absolute Gasteiger partial charge is 0.369 e. The van der Waals surface area contributed by atoms with Gasteiger partial charge in [-0.2, -0.15) is 10.1 Å². The first-order valence-electron chi connectivity index (χ1n) is 11.3. The molecule has 0 bridgehead atoms. The van der Waals surface area contributed by atoms with Crippen LogP contribution in [0.1, 0.15) is 12.1 Å². The van der Waals surface area contributed by atoms with Crippen LogP contribution in [0.25, 0.3) is 27.9 Å². The van der Waals surface area contributed by atoms with Gasteiger partial charge in [0.2, 0.25) is 5.95 Å². The molecule has 0 unspecified atom stereocenters. The average Bonchev–Trinajstić information content (AvgIpc) is 3.48. The maximum atomic E-state index is 13.3. The first-order chi connectivity index (χ1) is 17.0. The Hall–Kier alpha value is -4.12. The second-order valence-corrected chi connectivity index (χ2v) is 8.60. The highest BCUT2D eigenvalue weighted by Gasteiger charge is 2.17. The van der Waals surface area contributed by atoms with Gasteiger partial charge < -0.3 is 20.1 Å². The van der Waals surface area contributed by atoms with Crippen molar-refractivity contribution in [1.29, 1.82) is 0 Å². The van der Waals surface area contributed by atoms with Gasteiger partial charge in [0, 0.05) is 60.9 Å². The summed E-state index contributed by atoms with van der Waals surface area (Å²) in [5.74, 6) is 0.458. The number of anilines is 3. The summed E-state index contributed by atoms with van der Waals surface area (Å²) < 4.78 is 27.7. The molecule has 178 valence electrons. The number of H-pyrrole nitrogens is 1. The number of rotatable bonds is 5. The fourth-order valence-electron chi connectivity index (χ4n) is 4.34. The van der Waals surface area contributed by atoms with Crippen LogP contribution in [0.4, 0.5) is 26.1 Å². The average molecular weight is 476 g/mol.